The number of hydrogen-bond acceptors (Lipinski definition) is 0. The normalized spacial score (nSPS) is 9.38. The molecule has 0 aliphatic rings. The van der Waals surface area contributed by atoms with Gasteiger partial charge in [0, 0.05) is 11.9 Å². The Morgan fingerprint density at radius 3 is 2.08 bits per heavy atom. The first-order valence-corrected chi connectivity index (χ1v) is 8.05. The summed E-state index contributed by atoms with van der Waals surface area (Å²) in [5, 5.41) is 2.62. The largest absolute Gasteiger partial charge is 4.00 e. The third-order valence-corrected chi connectivity index (χ3v) is 4.34. The Balaban J connectivity index is 0.000000542. The van der Waals surface area contributed by atoms with Crippen LogP contribution in [0, 0.1) is 27.7 Å². The van der Waals surface area contributed by atoms with E-state index in [2.05, 4.69) is 99.1 Å². The second-order valence-electron chi connectivity index (χ2n) is 6.26. The Morgan fingerprint density at radius 2 is 1.62 bits per heavy atom. The van der Waals surface area contributed by atoms with Crippen LogP contribution in [0.3, 0.4) is 0 Å². The summed E-state index contributed by atoms with van der Waals surface area (Å²) in [6.45, 7) is 8.52. The van der Waals surface area contributed by atoms with E-state index < -0.39 is 0 Å². The Kier molecular flexibility index (Phi) is 10.9. The molecule has 0 amide bonds. The minimum absolute atomic E-state index is 0. The summed E-state index contributed by atoms with van der Waals surface area (Å²) in [4.78, 5) is 0. The van der Waals surface area contributed by atoms with E-state index in [1.807, 2.05) is 0 Å². The molecule has 0 aliphatic carbocycles. The van der Waals surface area contributed by atoms with Crippen molar-refractivity contribution in [2.45, 2.75) is 27.7 Å². The Morgan fingerprint density at radius 1 is 0.923 bits per heavy atom. The fourth-order valence-electron chi connectivity index (χ4n) is 2.89. The van der Waals surface area contributed by atoms with E-state index in [9.17, 15) is 0 Å². The predicted octanol–water partition coefficient (Wildman–Crippen LogP) is -0.00592. The standard InChI is InChI=1S/C15H14N.C7H9.2BrH.Zr/c1-11-7-12(2)16(10-11)15-8-13-5-3-4-6-14(13)9-15;1-6-4-3-5-7(6)2;;;/h3-10H,1-2H3;3-5H,1-2H3;2*1H;/q2*-1;;;+4/p-2. The number of halogens is 2. The Labute approximate surface area is 196 Å². The van der Waals surface area contributed by atoms with E-state index in [1.165, 1.54) is 38.8 Å². The Bertz CT molecular complexity index is 881. The summed E-state index contributed by atoms with van der Waals surface area (Å²) < 4.78 is 2.25. The van der Waals surface area contributed by atoms with Crippen LogP contribution in [0.5, 0.6) is 0 Å². The molecule has 1 heterocycles. The van der Waals surface area contributed by atoms with Gasteiger partial charge >= 0.3 is 26.2 Å². The van der Waals surface area contributed by atoms with Gasteiger partial charge in [-0.2, -0.15) is 17.2 Å². The van der Waals surface area contributed by atoms with Crippen LogP contribution < -0.4 is 34.0 Å². The number of aryl methyl sites for hydroxylation is 4. The molecule has 134 valence electrons. The summed E-state index contributed by atoms with van der Waals surface area (Å²) in [5.41, 5.74) is 6.63. The van der Waals surface area contributed by atoms with Crippen molar-refractivity contribution < 1.29 is 60.2 Å². The molecule has 4 rings (SSSR count). The van der Waals surface area contributed by atoms with E-state index >= 15 is 0 Å². The summed E-state index contributed by atoms with van der Waals surface area (Å²) in [7, 11) is 0. The predicted molar refractivity (Wildman–Crippen MR) is 99.9 cm³/mol. The van der Waals surface area contributed by atoms with Crippen LogP contribution in [-0.2, 0) is 26.2 Å². The van der Waals surface area contributed by atoms with Crippen molar-refractivity contribution in [2.24, 2.45) is 0 Å². The van der Waals surface area contributed by atoms with Crippen molar-refractivity contribution in [2.75, 3.05) is 0 Å². The molecule has 4 aromatic rings. The van der Waals surface area contributed by atoms with Gasteiger partial charge in [0.25, 0.3) is 0 Å². The van der Waals surface area contributed by atoms with Crippen molar-refractivity contribution >= 4 is 10.8 Å². The van der Waals surface area contributed by atoms with Crippen LogP contribution in [0.1, 0.15) is 22.4 Å². The van der Waals surface area contributed by atoms with Crippen LogP contribution >= 0.6 is 0 Å². The summed E-state index contributed by atoms with van der Waals surface area (Å²) in [5.74, 6) is 0. The van der Waals surface area contributed by atoms with Gasteiger partial charge in [-0.25, -0.2) is 12.1 Å². The zero-order valence-corrected chi connectivity index (χ0v) is 21.2. The van der Waals surface area contributed by atoms with E-state index in [1.54, 1.807) is 0 Å². The molecule has 0 saturated carbocycles. The average Bonchev–Trinajstić information content (AvgIpc) is 3.19. The minimum atomic E-state index is 0. The second kappa shape index (κ2) is 11.2. The van der Waals surface area contributed by atoms with Crippen LogP contribution in [0.2, 0.25) is 0 Å². The summed E-state index contributed by atoms with van der Waals surface area (Å²) in [6, 6.07) is 21.5. The number of hydrogen-bond donors (Lipinski definition) is 0. The maximum Gasteiger partial charge on any atom is 4.00 e. The van der Waals surface area contributed by atoms with Gasteiger partial charge < -0.3 is 38.5 Å². The van der Waals surface area contributed by atoms with Crippen molar-refractivity contribution in [3.63, 3.8) is 0 Å². The van der Waals surface area contributed by atoms with Gasteiger partial charge in [0.05, 0.1) is 0 Å². The first-order chi connectivity index (χ1) is 11.0. The van der Waals surface area contributed by atoms with E-state index in [-0.39, 0.29) is 60.2 Å². The number of aromatic nitrogens is 1. The zero-order valence-electron chi connectivity index (χ0n) is 15.6. The van der Waals surface area contributed by atoms with Crippen LogP contribution in [0.4, 0.5) is 0 Å². The molecule has 0 saturated heterocycles. The molecule has 0 aliphatic heterocycles. The van der Waals surface area contributed by atoms with Crippen molar-refractivity contribution in [3.05, 3.63) is 89.2 Å². The molecule has 4 heteroatoms. The molecular weight excluding hydrogens is 529 g/mol. The topological polar surface area (TPSA) is 4.93 Å². The van der Waals surface area contributed by atoms with Gasteiger partial charge in [0.15, 0.2) is 0 Å². The SMILES string of the molecule is Cc1cc(C)n(-c2cc3ccccc3[cH-]2)c1.Cc1ccc[c-]1C.[Br-].[Br-].[Zr+4]. The first kappa shape index (κ1) is 25.3. The van der Waals surface area contributed by atoms with Gasteiger partial charge in [-0.3, -0.25) is 0 Å². The molecule has 0 bridgehead atoms. The number of fused-ring (bicyclic) bond motifs is 1. The quantitative estimate of drug-likeness (QED) is 0.293. The molecule has 3 aromatic carbocycles. The minimum Gasteiger partial charge on any atom is -1.00 e. The second-order valence-corrected chi connectivity index (χ2v) is 6.26. The summed E-state index contributed by atoms with van der Waals surface area (Å²) in [6.07, 6.45) is 2.18. The van der Waals surface area contributed by atoms with E-state index in [4.69, 9.17) is 0 Å². The van der Waals surface area contributed by atoms with E-state index in [0.717, 1.165) is 0 Å². The maximum atomic E-state index is 2.25. The zero-order chi connectivity index (χ0) is 16.4. The monoisotopic (exact) mass is 549 g/mol. The van der Waals surface area contributed by atoms with Gasteiger partial charge in [0.1, 0.15) is 0 Å². The van der Waals surface area contributed by atoms with Gasteiger partial charge in [-0.05, 0) is 31.2 Å². The first-order valence-electron chi connectivity index (χ1n) is 8.05. The summed E-state index contributed by atoms with van der Waals surface area (Å²) >= 11 is 0. The fourth-order valence-corrected chi connectivity index (χ4v) is 2.89. The van der Waals surface area contributed by atoms with Gasteiger partial charge in [-0.15, -0.1) is 41.1 Å². The average molecular weight is 552 g/mol. The van der Waals surface area contributed by atoms with Crippen molar-refractivity contribution in [1.82, 2.24) is 4.57 Å². The Hall–Kier alpha value is -0.697. The van der Waals surface area contributed by atoms with Crippen LogP contribution in [-0.4, -0.2) is 4.57 Å². The smallest absolute Gasteiger partial charge is 1.00 e. The molecule has 26 heavy (non-hydrogen) atoms. The third-order valence-electron chi connectivity index (χ3n) is 4.34. The van der Waals surface area contributed by atoms with Crippen LogP contribution in [0.15, 0.2) is 66.9 Å². The number of nitrogens with zero attached hydrogens (tertiary/aromatic N) is 1. The molecule has 0 atom stereocenters. The molecule has 0 fully saturated rings. The molecule has 1 nitrogen and oxygen atoms in total. The third kappa shape index (κ3) is 5.91. The molecule has 1 aromatic heterocycles. The number of rotatable bonds is 1. The number of benzene rings is 1. The van der Waals surface area contributed by atoms with Crippen LogP contribution in [0.25, 0.3) is 16.5 Å². The molecule has 0 radical (unpaired) electrons. The fraction of sp³-hybridized carbons (Fsp3) is 0.182. The molecule has 0 spiro atoms. The van der Waals surface area contributed by atoms with Crippen molar-refractivity contribution in [3.8, 4) is 5.69 Å². The van der Waals surface area contributed by atoms with Gasteiger partial charge in [0.2, 0.25) is 0 Å². The molecule has 0 unspecified atom stereocenters. The van der Waals surface area contributed by atoms with Crippen molar-refractivity contribution in [1.29, 1.82) is 0 Å². The van der Waals surface area contributed by atoms with E-state index in [0.29, 0.717) is 0 Å². The molecule has 0 N–H and O–H groups in total. The molecular formula is C22H23Br2NZr. The van der Waals surface area contributed by atoms with Gasteiger partial charge in [-0.1, -0.05) is 19.9 Å². The maximum absolute atomic E-state index is 2.25.